The Morgan fingerprint density at radius 1 is 1.25 bits per heavy atom. The summed E-state index contributed by atoms with van der Waals surface area (Å²) in [6.45, 7) is 5.06. The van der Waals surface area contributed by atoms with Crippen LogP contribution in [0.1, 0.15) is 25.8 Å². The van der Waals surface area contributed by atoms with Crippen molar-refractivity contribution in [1.82, 2.24) is 10.6 Å². The van der Waals surface area contributed by atoms with Crippen LogP contribution in [0.4, 0.5) is 0 Å². The molecule has 1 saturated heterocycles. The van der Waals surface area contributed by atoms with Crippen LogP contribution in [0, 0.1) is 5.92 Å². The van der Waals surface area contributed by atoms with Crippen LogP contribution in [0.15, 0.2) is 30.0 Å². The third-order valence-electron chi connectivity index (χ3n) is 2.87. The van der Waals surface area contributed by atoms with Crippen molar-refractivity contribution >= 4 is 29.3 Å². The first-order valence-corrected chi connectivity index (χ1v) is 7.02. The minimum Gasteiger partial charge on any atom is -0.494 e. The van der Waals surface area contributed by atoms with E-state index in [1.807, 2.05) is 24.3 Å². The number of carbonyl (C=O) groups is 1. The third-order valence-corrected chi connectivity index (χ3v) is 3.08. The summed E-state index contributed by atoms with van der Waals surface area (Å²) in [5, 5.41) is 5.68. The monoisotopic (exact) mass is 290 g/mol. The maximum atomic E-state index is 11.5. The van der Waals surface area contributed by atoms with Crippen molar-refractivity contribution in [3.05, 3.63) is 35.5 Å². The number of benzene rings is 1. The maximum Gasteiger partial charge on any atom is 0.273 e. The average Bonchev–Trinajstić information content (AvgIpc) is 2.69. The summed E-state index contributed by atoms with van der Waals surface area (Å²) < 4.78 is 5.64. The molecule has 0 unspecified atom stereocenters. The van der Waals surface area contributed by atoms with Crippen LogP contribution in [-0.4, -0.2) is 17.6 Å². The lowest BCUT2D eigenvalue weighted by Gasteiger charge is -2.08. The zero-order valence-corrected chi connectivity index (χ0v) is 12.4. The SMILES string of the molecule is CC(C)CCOc1ccc(C=C2NC(=S)NC2=O)cc1. The van der Waals surface area contributed by atoms with Gasteiger partial charge in [-0.05, 0) is 48.3 Å². The first kappa shape index (κ1) is 14.5. The van der Waals surface area contributed by atoms with Crippen molar-refractivity contribution in [3.63, 3.8) is 0 Å². The maximum absolute atomic E-state index is 11.5. The molecule has 2 N–H and O–H groups in total. The Labute approximate surface area is 124 Å². The van der Waals surface area contributed by atoms with Crippen molar-refractivity contribution < 1.29 is 9.53 Å². The van der Waals surface area contributed by atoms with E-state index in [1.54, 1.807) is 6.08 Å². The van der Waals surface area contributed by atoms with E-state index >= 15 is 0 Å². The van der Waals surface area contributed by atoms with Gasteiger partial charge in [0.05, 0.1) is 6.61 Å². The minimum atomic E-state index is -0.202. The molecule has 2 rings (SSSR count). The fraction of sp³-hybridized carbons (Fsp3) is 0.333. The second-order valence-corrected chi connectivity index (χ2v) is 5.47. The highest BCUT2D eigenvalue weighted by molar-refractivity contribution is 7.80. The van der Waals surface area contributed by atoms with Crippen molar-refractivity contribution in [3.8, 4) is 5.75 Å². The molecule has 0 spiro atoms. The summed E-state index contributed by atoms with van der Waals surface area (Å²) in [6, 6.07) is 7.62. The number of hydrogen-bond acceptors (Lipinski definition) is 3. The first-order valence-electron chi connectivity index (χ1n) is 6.61. The lowest BCUT2D eigenvalue weighted by Crippen LogP contribution is -2.21. The van der Waals surface area contributed by atoms with E-state index in [0.717, 1.165) is 24.3 Å². The molecule has 1 aromatic rings. The Balaban J connectivity index is 1.96. The lowest BCUT2D eigenvalue weighted by molar-refractivity contribution is -0.115. The Bertz CT molecular complexity index is 535. The van der Waals surface area contributed by atoms with E-state index in [1.165, 1.54) is 0 Å². The molecular weight excluding hydrogens is 272 g/mol. The highest BCUT2D eigenvalue weighted by Crippen LogP contribution is 2.15. The number of rotatable bonds is 5. The standard InChI is InChI=1S/C15H18N2O2S/c1-10(2)7-8-19-12-5-3-11(4-6-12)9-13-14(18)17-15(20)16-13/h3-6,9-10H,7-8H2,1-2H3,(H2,16,17,18,20). The van der Waals surface area contributed by atoms with Crippen LogP contribution in [0.5, 0.6) is 5.75 Å². The summed E-state index contributed by atoms with van der Waals surface area (Å²) in [7, 11) is 0. The Morgan fingerprint density at radius 2 is 1.95 bits per heavy atom. The van der Waals surface area contributed by atoms with Gasteiger partial charge in [0.2, 0.25) is 0 Å². The molecule has 0 radical (unpaired) electrons. The molecule has 0 aromatic heterocycles. The van der Waals surface area contributed by atoms with Crippen LogP contribution in [0.25, 0.3) is 6.08 Å². The topological polar surface area (TPSA) is 50.4 Å². The number of thiocarbonyl (C=S) groups is 1. The number of nitrogens with one attached hydrogen (secondary N) is 2. The molecule has 5 heteroatoms. The Morgan fingerprint density at radius 3 is 2.50 bits per heavy atom. The van der Waals surface area contributed by atoms with Crippen LogP contribution in [0.2, 0.25) is 0 Å². The molecule has 1 fully saturated rings. The lowest BCUT2D eigenvalue weighted by atomic mass is 10.1. The van der Waals surface area contributed by atoms with Crippen LogP contribution >= 0.6 is 12.2 Å². The smallest absolute Gasteiger partial charge is 0.273 e. The molecule has 106 valence electrons. The van der Waals surface area contributed by atoms with Gasteiger partial charge in [-0.2, -0.15) is 0 Å². The van der Waals surface area contributed by atoms with Gasteiger partial charge in [-0.1, -0.05) is 26.0 Å². The second-order valence-electron chi connectivity index (χ2n) is 5.07. The van der Waals surface area contributed by atoms with Crippen molar-refractivity contribution in [1.29, 1.82) is 0 Å². The van der Waals surface area contributed by atoms with Gasteiger partial charge in [0.1, 0.15) is 11.4 Å². The predicted octanol–water partition coefficient (Wildman–Crippen LogP) is 2.46. The molecule has 1 amide bonds. The molecule has 0 bridgehead atoms. The number of ether oxygens (including phenoxy) is 1. The summed E-state index contributed by atoms with van der Waals surface area (Å²) in [5.74, 6) is 1.27. The molecular formula is C15H18N2O2S. The highest BCUT2D eigenvalue weighted by atomic mass is 32.1. The number of amides is 1. The predicted molar refractivity (Wildman–Crippen MR) is 83.2 cm³/mol. The normalized spacial score (nSPS) is 16.4. The van der Waals surface area contributed by atoms with E-state index in [-0.39, 0.29) is 5.91 Å². The summed E-state index contributed by atoms with van der Waals surface area (Å²) >= 11 is 4.88. The van der Waals surface area contributed by atoms with E-state index in [9.17, 15) is 4.79 Å². The van der Waals surface area contributed by atoms with Crippen molar-refractivity contribution in [2.24, 2.45) is 5.92 Å². The van der Waals surface area contributed by atoms with Gasteiger partial charge < -0.3 is 10.1 Å². The van der Waals surface area contributed by atoms with Crippen molar-refractivity contribution in [2.45, 2.75) is 20.3 Å². The van der Waals surface area contributed by atoms with Gasteiger partial charge in [0.15, 0.2) is 5.11 Å². The first-order chi connectivity index (χ1) is 9.54. The van der Waals surface area contributed by atoms with Crippen molar-refractivity contribution in [2.75, 3.05) is 6.61 Å². The fourth-order valence-corrected chi connectivity index (χ4v) is 1.92. The molecule has 4 nitrogen and oxygen atoms in total. The van der Waals surface area contributed by atoms with E-state index in [2.05, 4.69) is 24.5 Å². The molecule has 1 aromatic carbocycles. The molecule has 0 atom stereocenters. The highest BCUT2D eigenvalue weighted by Gasteiger charge is 2.19. The van der Waals surface area contributed by atoms with Crippen LogP contribution in [0.3, 0.4) is 0 Å². The zero-order chi connectivity index (χ0) is 14.5. The fourth-order valence-electron chi connectivity index (χ4n) is 1.72. The van der Waals surface area contributed by atoms with Gasteiger partial charge in [-0.15, -0.1) is 0 Å². The average molecular weight is 290 g/mol. The molecule has 1 aliphatic heterocycles. The Kier molecular flexibility index (Phi) is 4.74. The van der Waals surface area contributed by atoms with Crippen LogP contribution in [-0.2, 0) is 4.79 Å². The summed E-state index contributed by atoms with van der Waals surface area (Å²) in [4.78, 5) is 11.5. The third kappa shape index (κ3) is 4.06. The molecule has 20 heavy (non-hydrogen) atoms. The van der Waals surface area contributed by atoms with E-state index in [4.69, 9.17) is 17.0 Å². The minimum absolute atomic E-state index is 0.202. The molecule has 0 saturated carbocycles. The summed E-state index contributed by atoms with van der Waals surface area (Å²) in [5.41, 5.74) is 1.38. The van der Waals surface area contributed by atoms with Gasteiger partial charge >= 0.3 is 0 Å². The van der Waals surface area contributed by atoms with E-state index in [0.29, 0.717) is 16.7 Å². The zero-order valence-electron chi connectivity index (χ0n) is 11.6. The molecule has 0 aliphatic carbocycles. The number of carbonyl (C=O) groups excluding carboxylic acids is 1. The summed E-state index contributed by atoms with van der Waals surface area (Å²) in [6.07, 6.45) is 2.79. The molecule has 1 aliphatic rings. The van der Waals surface area contributed by atoms with Gasteiger partial charge in [-0.3, -0.25) is 10.1 Å². The number of hydrogen-bond donors (Lipinski definition) is 2. The van der Waals surface area contributed by atoms with E-state index < -0.39 is 0 Å². The largest absolute Gasteiger partial charge is 0.494 e. The van der Waals surface area contributed by atoms with Gasteiger partial charge in [0, 0.05) is 0 Å². The van der Waals surface area contributed by atoms with Gasteiger partial charge in [0.25, 0.3) is 5.91 Å². The Hall–Kier alpha value is -1.88. The molecule has 1 heterocycles. The second kappa shape index (κ2) is 6.52. The quantitative estimate of drug-likeness (QED) is 0.646. The van der Waals surface area contributed by atoms with Crippen LogP contribution < -0.4 is 15.4 Å². The van der Waals surface area contributed by atoms with Gasteiger partial charge in [-0.25, -0.2) is 0 Å².